The van der Waals surface area contributed by atoms with Gasteiger partial charge in [-0.25, -0.2) is 46.7 Å². The molecule has 26 nitrogen and oxygen atoms in total. The highest BCUT2D eigenvalue weighted by atomic mass is 79.9. The third-order valence-corrected chi connectivity index (χ3v) is 19.7. The van der Waals surface area contributed by atoms with E-state index in [2.05, 4.69) is 81.7 Å². The van der Waals surface area contributed by atoms with Crippen molar-refractivity contribution in [2.75, 3.05) is 52.1 Å². The quantitative estimate of drug-likeness (QED) is 0.0271. The zero-order valence-electron chi connectivity index (χ0n) is 54.8. The summed E-state index contributed by atoms with van der Waals surface area (Å²) in [6.45, 7) is 17.0. The van der Waals surface area contributed by atoms with Crippen LogP contribution in [0.4, 0.5) is 32.3 Å². The Balaban J connectivity index is 0.000000250. The summed E-state index contributed by atoms with van der Waals surface area (Å²) in [5.41, 5.74) is 2.39. The van der Waals surface area contributed by atoms with Gasteiger partial charge in [0, 0.05) is 74.5 Å². The van der Waals surface area contributed by atoms with Gasteiger partial charge in [0.2, 0.25) is 0 Å². The standard InChI is InChI=1S/C38H49BF2N4O9S.C22H22BF2N5O8S.BBr3/c1-10-44-11-12-45(33(48)32(44)47)35(50)43-30(24-18-55-19(2)42-24)25(46)17-22(39-53-27-16-21-15-26(37(21,6)7)38(27,8)54-39)13-20-14-23(40)29(41)28(31(20)51-9)34(49)52-36(3,4)5;1-2-29-3-4-30(19(33)18(29)32)22(36)28-16(12-8-39-21(26)27-12)13(31)7-10-5-9-6-11(24)15(25)14(20(34)35)17(9)38-23(10)37;2-1(3)4/h14,18,21-22,26-27,30H,10-13,15-17H2,1-9H3,(H,43,50);6,8,10,16,37H,2-5,7H2,1H3,(H2,26,27)(H,28,36)(H,34,35);/t21-,22+,26-,27+,30?,38-;10-,16?;/m01./s1. The smallest absolute Gasteiger partial charge is 0.526 e. The van der Waals surface area contributed by atoms with Crippen LogP contribution in [0, 0.1) is 47.4 Å². The van der Waals surface area contributed by atoms with Gasteiger partial charge in [0.15, 0.2) is 40.0 Å². The number of methoxy groups -OCH3 is 1. The van der Waals surface area contributed by atoms with Crippen molar-refractivity contribution in [3.63, 3.8) is 0 Å². The average Bonchev–Trinajstić information content (AvgIpc) is 1.41. The number of aryl methyl sites for hydroxylation is 1. The minimum atomic E-state index is -1.80. The molecule has 6 N–H and O–H groups in total. The Morgan fingerprint density at radius 1 is 0.827 bits per heavy atom. The fraction of sp³-hybridized carbons (Fsp3) is 0.533. The number of hydrogen-bond donors (Lipinski definition) is 5. The normalized spacial score (nSPS) is 21.8. The third kappa shape index (κ3) is 16.6. The Morgan fingerprint density at radius 3 is 1.87 bits per heavy atom. The lowest BCUT2D eigenvalue weighted by Crippen LogP contribution is -2.65. The number of nitrogens with zero attached hydrogens (tertiary/aromatic N) is 6. The van der Waals surface area contributed by atoms with Crippen LogP contribution in [-0.4, -0.2) is 180 Å². The molecule has 3 saturated carbocycles. The van der Waals surface area contributed by atoms with Crippen LogP contribution in [-0.2, 0) is 55.7 Å². The number of fused-ring (bicyclic) bond motifs is 1. The van der Waals surface area contributed by atoms with E-state index in [0.717, 1.165) is 41.2 Å². The molecule has 2 unspecified atom stereocenters. The molecule has 8 atom stereocenters. The van der Waals surface area contributed by atoms with Crippen LogP contribution in [0.15, 0.2) is 22.9 Å². The molecule has 6 heterocycles. The number of piperazine rings is 2. The number of ether oxygens (including phenoxy) is 2. The van der Waals surface area contributed by atoms with E-state index in [9.17, 15) is 66.9 Å². The molecule has 4 aromatic rings. The Morgan fingerprint density at radius 2 is 1.37 bits per heavy atom. The van der Waals surface area contributed by atoms with E-state index in [4.69, 9.17) is 29.2 Å². The predicted molar refractivity (Wildman–Crippen MR) is 361 cm³/mol. The van der Waals surface area contributed by atoms with Crippen molar-refractivity contribution in [1.82, 2.24) is 40.2 Å². The van der Waals surface area contributed by atoms with Crippen molar-refractivity contribution in [2.45, 2.75) is 142 Å². The molecule has 3 saturated heterocycles. The number of nitrogens with two attached hydrogens (primary N) is 1. The highest BCUT2D eigenvalue weighted by Gasteiger charge is 2.68. The van der Waals surface area contributed by atoms with E-state index < -0.39 is 155 Å². The predicted octanol–water partition coefficient (Wildman–Crippen LogP) is 8.18. The molecule has 2 aromatic heterocycles. The number of imide groups is 2. The van der Waals surface area contributed by atoms with Gasteiger partial charge in [0.05, 0.1) is 35.2 Å². The molecule has 11 rings (SSSR count). The zero-order valence-corrected chi connectivity index (χ0v) is 61.2. The summed E-state index contributed by atoms with van der Waals surface area (Å²) in [6, 6.07) is -3.13. The maximum Gasteiger partial charge on any atom is 0.526 e. The monoisotopic (exact) mass is 1600 g/mol. The molecule has 3 aliphatic carbocycles. The topological polar surface area (TPSA) is 346 Å². The number of amides is 8. The molecule has 7 aliphatic rings. The van der Waals surface area contributed by atoms with Crippen LogP contribution in [0.5, 0.6) is 11.5 Å². The minimum Gasteiger partial charge on any atom is -0.535 e. The highest BCUT2D eigenvalue weighted by Crippen LogP contribution is 2.66. The molecular weight excluding hydrogens is 1530 g/mol. The summed E-state index contributed by atoms with van der Waals surface area (Å²) in [4.78, 5) is 142. The van der Waals surface area contributed by atoms with E-state index in [0.29, 0.717) is 22.4 Å². The van der Waals surface area contributed by atoms with Crippen molar-refractivity contribution in [3.05, 3.63) is 84.8 Å². The summed E-state index contributed by atoms with van der Waals surface area (Å²) in [5.74, 6) is -16.0. The number of carboxylic acid groups (broad SMARTS) is 1. The number of ketones is 2. The minimum absolute atomic E-state index is 0.000273. The number of urea groups is 2. The number of likely N-dealkylation sites (N-methyl/N-ethyl adjacent to an activating group) is 2. The number of carbonyl (C=O) groups is 10. The van der Waals surface area contributed by atoms with Gasteiger partial charge < -0.3 is 59.7 Å². The van der Waals surface area contributed by atoms with Gasteiger partial charge in [-0.3, -0.25) is 38.6 Å². The van der Waals surface area contributed by atoms with E-state index in [-0.39, 0.29) is 106 Å². The van der Waals surface area contributed by atoms with Gasteiger partial charge in [0.1, 0.15) is 40.3 Å². The third-order valence-electron chi connectivity index (χ3n) is 18.2. The number of hydrogen-bond acceptors (Lipinski definition) is 21. The van der Waals surface area contributed by atoms with Gasteiger partial charge in [-0.15, -0.1) is 69.9 Å². The number of aromatic nitrogens is 2. The zero-order chi connectivity index (χ0) is 72.5. The van der Waals surface area contributed by atoms with Gasteiger partial charge in [0.25, 0.3) is 0 Å². The fourth-order valence-corrected chi connectivity index (χ4v) is 14.4. The lowest BCUT2D eigenvalue weighted by molar-refractivity contribution is -0.199. The van der Waals surface area contributed by atoms with E-state index in [1.54, 1.807) is 46.9 Å². The molecule has 528 valence electrons. The molecule has 0 radical (unpaired) electrons. The Labute approximate surface area is 594 Å². The van der Waals surface area contributed by atoms with E-state index in [1.807, 2.05) is 6.92 Å². The number of carbonyl (C=O) groups excluding carboxylic acids is 9. The second-order valence-corrected chi connectivity index (χ2v) is 34.2. The Kier molecular flexibility index (Phi) is 24.5. The second kappa shape index (κ2) is 31.1. The molecule has 2 bridgehead atoms. The number of anilines is 1. The SMILES string of the molecule is BrB(Br)Br.CCN1CCN(C(=O)NC(C(=O)C[C@@H](Cc2cc(F)c(F)c(C(=O)OC(C)(C)C)c2OC)B2O[C@@H]3C[C@@H]4C[C@@H](C4(C)C)[C@]3(C)O2)c2csc(C)n2)C(=O)C1=O.CCN1CCN(C(=O)NC(C(=O)C[C@H]2Cc3cc(F)c(F)c(C(=O)O)c3OB2O)c2csc(N)n2)C(=O)C1=O. The molecule has 6 fully saturated rings. The molecule has 8 amide bonds. The van der Waals surface area contributed by atoms with Crippen LogP contribution in [0.25, 0.3) is 0 Å². The first kappa shape index (κ1) is 77.2. The van der Waals surface area contributed by atoms with Gasteiger partial charge in [-0.05, 0) is 115 Å². The molecule has 38 heteroatoms. The van der Waals surface area contributed by atoms with Crippen molar-refractivity contribution >= 4 is 152 Å². The molecule has 0 spiro atoms. The number of halogens is 7. The van der Waals surface area contributed by atoms with Crippen molar-refractivity contribution in [1.29, 1.82) is 0 Å². The number of carboxylic acids is 1. The lowest BCUT2D eigenvalue weighted by Gasteiger charge is -2.64. The Bertz CT molecular complexity index is 3820. The number of Topliss-reactive ketones (excluding diaryl/α,β-unsaturated/α-hetero) is 2. The summed E-state index contributed by atoms with van der Waals surface area (Å²) >= 11 is 11.5. The maximum atomic E-state index is 15.4. The summed E-state index contributed by atoms with van der Waals surface area (Å²) in [6.07, 6.45) is 0.164. The van der Waals surface area contributed by atoms with Crippen LogP contribution >= 0.6 is 69.9 Å². The number of rotatable bonds is 18. The first-order valence-electron chi connectivity index (χ1n) is 31.0. The second-order valence-electron chi connectivity index (χ2n) is 25.8. The lowest BCUT2D eigenvalue weighted by atomic mass is 9.43. The van der Waals surface area contributed by atoms with Crippen LogP contribution in [0.1, 0.15) is 141 Å². The molecule has 4 aliphatic heterocycles. The number of nitrogens with one attached hydrogen (secondary N) is 2. The number of benzene rings is 2. The van der Waals surface area contributed by atoms with Gasteiger partial charge >= 0.3 is 65.1 Å². The van der Waals surface area contributed by atoms with E-state index in [1.165, 1.54) is 33.6 Å². The van der Waals surface area contributed by atoms with E-state index >= 15 is 8.78 Å². The molecule has 98 heavy (non-hydrogen) atoms. The number of aromatic carboxylic acids is 1. The molecular formula is C60H71B3Br3F4N9O17S2. The maximum absolute atomic E-state index is 15.4. The van der Waals surface area contributed by atoms with Gasteiger partial charge in [-0.1, -0.05) is 13.8 Å². The highest BCUT2D eigenvalue weighted by molar-refractivity contribution is 9.69. The fourth-order valence-electron chi connectivity index (χ4n) is 13.2. The van der Waals surface area contributed by atoms with Gasteiger partial charge in [-0.2, -0.15) is 0 Å². The largest absolute Gasteiger partial charge is 0.535 e. The van der Waals surface area contributed by atoms with Crippen LogP contribution in [0.2, 0.25) is 11.6 Å². The summed E-state index contributed by atoms with van der Waals surface area (Å²) < 4.78 is 88.7. The van der Waals surface area contributed by atoms with Crippen molar-refractivity contribution < 1.29 is 99.1 Å². The van der Waals surface area contributed by atoms with Crippen LogP contribution in [0.3, 0.4) is 0 Å². The first-order valence-corrected chi connectivity index (χ1v) is 35.5. The summed E-state index contributed by atoms with van der Waals surface area (Å²) in [7, 11) is -1.56. The van der Waals surface area contributed by atoms with Crippen molar-refractivity contribution in [2.24, 2.45) is 17.3 Å². The van der Waals surface area contributed by atoms with Crippen LogP contribution < -0.4 is 25.8 Å². The number of nitrogen functional groups attached to an aromatic ring is 1. The first-order chi connectivity index (χ1) is 45.8. The summed E-state index contributed by atoms with van der Waals surface area (Å²) in [5, 5.41) is 28.5. The number of thiazole rings is 2. The Hall–Kier alpha value is -6.57. The number of esters is 1. The van der Waals surface area contributed by atoms with Crippen molar-refractivity contribution in [3.8, 4) is 11.5 Å². The molecule has 2 aromatic carbocycles. The average molecular weight is 1600 g/mol.